The Hall–Kier alpha value is -1.30. The van der Waals surface area contributed by atoms with Crippen molar-refractivity contribution < 1.29 is 9.50 Å². The zero-order valence-corrected chi connectivity index (χ0v) is 12.0. The van der Waals surface area contributed by atoms with Crippen LogP contribution in [-0.4, -0.2) is 5.11 Å². The number of phenolic OH excluding ortho intramolecular Hbond substituents is 1. The molecule has 0 aromatic heterocycles. The van der Waals surface area contributed by atoms with Gasteiger partial charge in [0.25, 0.3) is 0 Å². The molecule has 0 fully saturated rings. The summed E-state index contributed by atoms with van der Waals surface area (Å²) in [7, 11) is 0. The Bertz CT molecular complexity index is 572. The van der Waals surface area contributed by atoms with Crippen LogP contribution in [0.1, 0.15) is 11.1 Å². The number of hydrogen-bond donors (Lipinski definition) is 2. The zero-order valence-electron chi connectivity index (χ0n) is 9.87. The summed E-state index contributed by atoms with van der Waals surface area (Å²) in [5, 5.41) is 12.8. The predicted molar refractivity (Wildman–Crippen MR) is 79.3 cm³/mol. The lowest BCUT2D eigenvalue weighted by atomic mass is 10.1. The third-order valence-electron chi connectivity index (χ3n) is 2.70. The highest BCUT2D eigenvalue weighted by Crippen LogP contribution is 2.22. The van der Waals surface area contributed by atoms with E-state index in [0.717, 1.165) is 11.3 Å². The second-order valence-electron chi connectivity index (χ2n) is 4.09. The van der Waals surface area contributed by atoms with E-state index in [9.17, 15) is 9.50 Å². The highest BCUT2D eigenvalue weighted by Gasteiger charge is 2.04. The first-order valence-electron chi connectivity index (χ1n) is 5.53. The number of rotatable bonds is 3. The Labute approximate surface area is 119 Å². The van der Waals surface area contributed by atoms with Gasteiger partial charge in [0.2, 0.25) is 0 Å². The van der Waals surface area contributed by atoms with Crippen molar-refractivity contribution in [1.29, 1.82) is 0 Å². The Morgan fingerprint density at radius 2 is 2.00 bits per heavy atom. The van der Waals surface area contributed by atoms with E-state index in [0.29, 0.717) is 12.1 Å². The molecule has 2 nitrogen and oxygen atoms in total. The summed E-state index contributed by atoms with van der Waals surface area (Å²) in [5.74, 6) is -0.240. The number of nitrogens with one attached hydrogen (secondary N) is 1. The predicted octanol–water partition coefficient (Wildman–Crippen LogP) is 4.06. The standard InChI is InChI=1S/C14H13FINO/c1-9-6-12(16)3-4-13(9)17-8-10-7-11(15)2-5-14(10)18/h2-7,17-18H,8H2,1H3. The summed E-state index contributed by atoms with van der Waals surface area (Å²) in [6.07, 6.45) is 0. The van der Waals surface area contributed by atoms with Gasteiger partial charge in [-0.1, -0.05) is 0 Å². The number of halogens is 2. The third-order valence-corrected chi connectivity index (χ3v) is 3.37. The van der Waals surface area contributed by atoms with Gasteiger partial charge in [-0.05, 0) is 71.5 Å². The summed E-state index contributed by atoms with van der Waals surface area (Å²) in [6.45, 7) is 2.40. The Kier molecular flexibility index (Phi) is 4.06. The number of anilines is 1. The molecule has 0 radical (unpaired) electrons. The molecule has 0 bridgehead atoms. The smallest absolute Gasteiger partial charge is 0.123 e. The molecule has 94 valence electrons. The minimum absolute atomic E-state index is 0.104. The van der Waals surface area contributed by atoms with Crippen LogP contribution in [0.4, 0.5) is 10.1 Å². The molecule has 0 saturated carbocycles. The quantitative estimate of drug-likeness (QED) is 0.813. The van der Waals surface area contributed by atoms with Crippen LogP contribution in [0.5, 0.6) is 5.75 Å². The third kappa shape index (κ3) is 3.13. The van der Waals surface area contributed by atoms with Crippen molar-refractivity contribution in [2.45, 2.75) is 13.5 Å². The molecule has 0 amide bonds. The van der Waals surface area contributed by atoms with Crippen LogP contribution in [0, 0.1) is 16.3 Å². The summed E-state index contributed by atoms with van der Waals surface area (Å²) in [4.78, 5) is 0. The van der Waals surface area contributed by atoms with Crippen molar-refractivity contribution in [3.8, 4) is 5.75 Å². The van der Waals surface area contributed by atoms with E-state index in [1.165, 1.54) is 21.8 Å². The lowest BCUT2D eigenvalue weighted by molar-refractivity contribution is 0.466. The molecule has 4 heteroatoms. The second-order valence-corrected chi connectivity index (χ2v) is 5.33. The zero-order chi connectivity index (χ0) is 13.1. The molecule has 2 rings (SSSR count). The van der Waals surface area contributed by atoms with Crippen molar-refractivity contribution in [3.05, 3.63) is 56.9 Å². The lowest BCUT2D eigenvalue weighted by Crippen LogP contribution is -2.02. The molecule has 0 unspecified atom stereocenters. The molecule has 2 aromatic rings. The molecule has 0 aliphatic carbocycles. The summed E-state index contributed by atoms with van der Waals surface area (Å²) in [5.41, 5.74) is 2.66. The Morgan fingerprint density at radius 3 is 2.72 bits per heavy atom. The minimum atomic E-state index is -0.344. The number of phenols is 1. The highest BCUT2D eigenvalue weighted by atomic mass is 127. The first kappa shape index (κ1) is 13.1. The van der Waals surface area contributed by atoms with E-state index in [-0.39, 0.29) is 11.6 Å². The molecule has 18 heavy (non-hydrogen) atoms. The molecule has 0 heterocycles. The fourth-order valence-electron chi connectivity index (χ4n) is 1.71. The first-order valence-corrected chi connectivity index (χ1v) is 6.61. The molecule has 2 aromatic carbocycles. The van der Waals surface area contributed by atoms with Crippen molar-refractivity contribution >= 4 is 28.3 Å². The maximum absolute atomic E-state index is 13.1. The number of benzene rings is 2. The lowest BCUT2D eigenvalue weighted by Gasteiger charge is -2.11. The van der Waals surface area contributed by atoms with Crippen molar-refractivity contribution in [2.75, 3.05) is 5.32 Å². The molecule has 0 aliphatic rings. The van der Waals surface area contributed by atoms with E-state index < -0.39 is 0 Å². The molecule has 0 atom stereocenters. The summed E-state index contributed by atoms with van der Waals surface area (Å²) in [6, 6.07) is 10.00. The van der Waals surface area contributed by atoms with Gasteiger partial charge in [-0.25, -0.2) is 4.39 Å². The average Bonchev–Trinajstić information content (AvgIpc) is 2.32. The maximum Gasteiger partial charge on any atom is 0.123 e. The molecular formula is C14H13FINO. The number of aromatic hydroxyl groups is 1. The van der Waals surface area contributed by atoms with E-state index in [1.807, 2.05) is 19.1 Å². The Morgan fingerprint density at radius 1 is 1.22 bits per heavy atom. The van der Waals surface area contributed by atoms with Gasteiger partial charge in [0.05, 0.1) is 0 Å². The average molecular weight is 357 g/mol. The fraction of sp³-hybridized carbons (Fsp3) is 0.143. The van der Waals surface area contributed by atoms with Crippen LogP contribution >= 0.6 is 22.6 Å². The van der Waals surface area contributed by atoms with Crippen molar-refractivity contribution in [1.82, 2.24) is 0 Å². The van der Waals surface area contributed by atoms with Crippen LogP contribution in [0.15, 0.2) is 36.4 Å². The highest BCUT2D eigenvalue weighted by molar-refractivity contribution is 14.1. The number of hydrogen-bond acceptors (Lipinski definition) is 2. The van der Waals surface area contributed by atoms with Gasteiger partial charge in [0.1, 0.15) is 11.6 Å². The van der Waals surface area contributed by atoms with Crippen LogP contribution in [0.3, 0.4) is 0 Å². The van der Waals surface area contributed by atoms with Gasteiger partial charge in [0.15, 0.2) is 0 Å². The summed E-state index contributed by atoms with van der Waals surface area (Å²) >= 11 is 2.25. The maximum atomic E-state index is 13.1. The largest absolute Gasteiger partial charge is 0.508 e. The second kappa shape index (κ2) is 5.56. The van der Waals surface area contributed by atoms with Gasteiger partial charge in [-0.2, -0.15) is 0 Å². The van der Waals surface area contributed by atoms with Crippen molar-refractivity contribution in [2.24, 2.45) is 0 Å². The van der Waals surface area contributed by atoms with Crippen LogP contribution < -0.4 is 5.32 Å². The monoisotopic (exact) mass is 357 g/mol. The minimum Gasteiger partial charge on any atom is -0.508 e. The van der Waals surface area contributed by atoms with Crippen molar-refractivity contribution in [3.63, 3.8) is 0 Å². The molecule has 0 saturated heterocycles. The van der Waals surface area contributed by atoms with Crippen LogP contribution in [0.2, 0.25) is 0 Å². The molecule has 2 N–H and O–H groups in total. The van der Waals surface area contributed by atoms with Crippen LogP contribution in [0.25, 0.3) is 0 Å². The fourth-order valence-corrected chi connectivity index (χ4v) is 2.36. The van der Waals surface area contributed by atoms with Gasteiger partial charge in [-0.3, -0.25) is 0 Å². The summed E-state index contributed by atoms with van der Waals surface area (Å²) < 4.78 is 14.2. The van der Waals surface area contributed by atoms with Gasteiger partial charge < -0.3 is 10.4 Å². The van der Waals surface area contributed by atoms with Gasteiger partial charge in [0, 0.05) is 21.4 Å². The molecular weight excluding hydrogens is 344 g/mol. The SMILES string of the molecule is Cc1cc(I)ccc1NCc1cc(F)ccc1O. The molecule has 0 aliphatic heterocycles. The van der Waals surface area contributed by atoms with E-state index in [2.05, 4.69) is 34.0 Å². The van der Waals surface area contributed by atoms with E-state index in [1.54, 1.807) is 0 Å². The van der Waals surface area contributed by atoms with Crippen LogP contribution in [-0.2, 0) is 6.54 Å². The van der Waals surface area contributed by atoms with E-state index in [4.69, 9.17) is 0 Å². The molecule has 0 spiro atoms. The van der Waals surface area contributed by atoms with Gasteiger partial charge in [-0.15, -0.1) is 0 Å². The number of aryl methyl sites for hydroxylation is 1. The normalized spacial score (nSPS) is 10.4. The topological polar surface area (TPSA) is 32.3 Å². The van der Waals surface area contributed by atoms with Gasteiger partial charge >= 0.3 is 0 Å². The van der Waals surface area contributed by atoms with E-state index >= 15 is 0 Å². The Balaban J connectivity index is 2.13. The first-order chi connectivity index (χ1) is 8.56.